The molecule has 1 spiro atoms. The molecule has 35 heavy (non-hydrogen) atoms. The van der Waals surface area contributed by atoms with Crippen LogP contribution < -0.4 is 16.0 Å². The Labute approximate surface area is 207 Å². The van der Waals surface area contributed by atoms with Gasteiger partial charge < -0.3 is 25.4 Å². The number of hydrogen-bond donors (Lipinski definition) is 2. The van der Waals surface area contributed by atoms with Gasteiger partial charge in [-0.15, -0.1) is 0 Å². The van der Waals surface area contributed by atoms with E-state index in [-0.39, 0.29) is 34.4 Å². The van der Waals surface area contributed by atoms with Crippen molar-refractivity contribution in [2.45, 2.75) is 44.2 Å². The summed E-state index contributed by atoms with van der Waals surface area (Å²) in [6, 6.07) is 3.99. The molecule has 1 saturated carbocycles. The molecule has 3 N–H and O–H groups in total. The largest absolute Gasteiger partial charge is 0.364 e. The molecule has 0 bridgehead atoms. The molecule has 1 aromatic heterocycles. The number of nitrogens with two attached hydrogens (primary N) is 1. The summed E-state index contributed by atoms with van der Waals surface area (Å²) in [4.78, 5) is 46.4. The van der Waals surface area contributed by atoms with Gasteiger partial charge in [0.15, 0.2) is 5.69 Å². The van der Waals surface area contributed by atoms with E-state index >= 15 is 0 Å². The third kappa shape index (κ3) is 4.18. The number of likely N-dealkylation sites (N-methyl/N-ethyl adjacent to an activating group) is 1. The summed E-state index contributed by atoms with van der Waals surface area (Å²) in [6.07, 6.45) is 4.72. The van der Waals surface area contributed by atoms with Gasteiger partial charge in [-0.05, 0) is 57.4 Å². The summed E-state index contributed by atoms with van der Waals surface area (Å²) in [7, 11) is 1.96. The topological polar surface area (TPSA) is 114 Å². The van der Waals surface area contributed by atoms with Crippen LogP contribution >= 0.6 is 11.6 Å². The Morgan fingerprint density at radius 3 is 2.57 bits per heavy atom. The van der Waals surface area contributed by atoms with E-state index in [0.29, 0.717) is 44.3 Å². The number of imidazole rings is 1. The molecule has 0 unspecified atom stereocenters. The predicted molar refractivity (Wildman–Crippen MR) is 128 cm³/mol. The Balaban J connectivity index is 1.30. The maximum Gasteiger partial charge on any atom is 0.272 e. The van der Waals surface area contributed by atoms with E-state index in [4.69, 9.17) is 17.3 Å². The van der Waals surface area contributed by atoms with Crippen molar-refractivity contribution < 1.29 is 18.8 Å². The lowest BCUT2D eigenvalue weighted by atomic mass is 9.71. The fraction of sp³-hybridized carbons (Fsp3) is 0.500. The van der Waals surface area contributed by atoms with Gasteiger partial charge in [0.2, 0.25) is 5.91 Å². The van der Waals surface area contributed by atoms with Gasteiger partial charge >= 0.3 is 0 Å². The number of carbonyl (C=O) groups is 3. The van der Waals surface area contributed by atoms with E-state index in [2.05, 4.69) is 15.2 Å². The first kappa shape index (κ1) is 23.7. The smallest absolute Gasteiger partial charge is 0.272 e. The fourth-order valence-electron chi connectivity index (χ4n) is 5.74. The number of carbonyl (C=O) groups excluding carboxylic acids is 3. The van der Waals surface area contributed by atoms with Crippen LogP contribution in [0.4, 0.5) is 10.1 Å². The molecule has 3 aliphatic rings. The van der Waals surface area contributed by atoms with Crippen LogP contribution in [0, 0.1) is 11.2 Å². The minimum Gasteiger partial charge on any atom is -0.364 e. The van der Waals surface area contributed by atoms with E-state index in [0.717, 1.165) is 13.1 Å². The molecule has 2 aromatic rings. The number of anilines is 1. The molecule has 3 heterocycles. The van der Waals surface area contributed by atoms with Gasteiger partial charge in [0.05, 0.1) is 28.5 Å². The van der Waals surface area contributed by atoms with Gasteiger partial charge in [-0.3, -0.25) is 14.4 Å². The van der Waals surface area contributed by atoms with Gasteiger partial charge in [0, 0.05) is 25.7 Å². The first-order valence-corrected chi connectivity index (χ1v) is 12.2. The molecule has 1 aliphatic carbocycles. The van der Waals surface area contributed by atoms with E-state index in [1.54, 1.807) is 15.5 Å². The van der Waals surface area contributed by atoms with Crippen molar-refractivity contribution in [1.29, 1.82) is 0 Å². The first-order chi connectivity index (χ1) is 16.7. The third-order valence-corrected chi connectivity index (χ3v) is 7.96. The van der Waals surface area contributed by atoms with Crippen LogP contribution in [0.25, 0.3) is 0 Å². The van der Waals surface area contributed by atoms with Gasteiger partial charge in [-0.1, -0.05) is 11.6 Å². The lowest BCUT2D eigenvalue weighted by molar-refractivity contribution is -0.127. The lowest BCUT2D eigenvalue weighted by Crippen LogP contribution is -2.57. The number of benzene rings is 1. The normalized spacial score (nSPS) is 25.2. The van der Waals surface area contributed by atoms with Gasteiger partial charge in [0.1, 0.15) is 11.5 Å². The molecule has 11 heteroatoms. The highest BCUT2D eigenvalue weighted by Gasteiger charge is 2.49. The minimum atomic E-state index is -0.701. The first-order valence-electron chi connectivity index (χ1n) is 11.8. The van der Waals surface area contributed by atoms with E-state index in [1.165, 1.54) is 18.5 Å². The molecule has 2 saturated heterocycles. The summed E-state index contributed by atoms with van der Waals surface area (Å²) in [5, 5.41) is 3.12. The van der Waals surface area contributed by atoms with Crippen LogP contribution in [0.1, 0.15) is 59.1 Å². The number of nitrogens with zero attached hydrogens (tertiary/aromatic N) is 4. The number of rotatable bonds is 5. The average Bonchev–Trinajstić information content (AvgIpc) is 3.37. The van der Waals surface area contributed by atoms with Gasteiger partial charge in [-0.25, -0.2) is 9.37 Å². The zero-order chi connectivity index (χ0) is 24.9. The van der Waals surface area contributed by atoms with E-state index in [1.807, 2.05) is 7.05 Å². The van der Waals surface area contributed by atoms with Crippen molar-refractivity contribution in [3.8, 4) is 0 Å². The second-order valence-electron chi connectivity index (χ2n) is 9.92. The molecule has 3 amide bonds. The van der Waals surface area contributed by atoms with Crippen LogP contribution in [0.3, 0.4) is 0 Å². The molecule has 2 aliphatic heterocycles. The monoisotopic (exact) mass is 502 g/mol. The highest BCUT2D eigenvalue weighted by molar-refractivity contribution is 6.34. The summed E-state index contributed by atoms with van der Waals surface area (Å²) in [5.41, 5.74) is 5.82. The standard InChI is InChI=1S/C24H28ClFN6O3/c1-30-11-15(12-30)29-22(34)19-20(21(27)33)32(13-28-19)16-4-6-24(7-5-16)8-9-31(23(24)35)18-3-2-14(26)10-17(18)25/h2-3,10,13,15-16H,4-9,11-12H2,1H3,(H2,27,33)(H,29,34). The Bertz CT molecular complexity index is 1190. The summed E-state index contributed by atoms with van der Waals surface area (Å²) < 4.78 is 15.2. The number of aromatic nitrogens is 2. The number of hydrogen-bond acceptors (Lipinski definition) is 5. The van der Waals surface area contributed by atoms with Crippen molar-refractivity contribution in [2.75, 3.05) is 31.6 Å². The maximum absolute atomic E-state index is 13.5. The highest BCUT2D eigenvalue weighted by atomic mass is 35.5. The quantitative estimate of drug-likeness (QED) is 0.651. The Morgan fingerprint density at radius 2 is 1.94 bits per heavy atom. The number of halogens is 2. The van der Waals surface area contributed by atoms with Crippen molar-refractivity contribution in [2.24, 2.45) is 11.1 Å². The van der Waals surface area contributed by atoms with Crippen molar-refractivity contribution >= 4 is 35.0 Å². The summed E-state index contributed by atoms with van der Waals surface area (Å²) in [6.45, 7) is 2.02. The number of likely N-dealkylation sites (tertiary alicyclic amines) is 1. The Morgan fingerprint density at radius 1 is 1.23 bits per heavy atom. The summed E-state index contributed by atoms with van der Waals surface area (Å²) >= 11 is 6.21. The molecule has 186 valence electrons. The second-order valence-corrected chi connectivity index (χ2v) is 10.3. The van der Waals surface area contributed by atoms with Crippen LogP contribution in [-0.2, 0) is 4.79 Å². The van der Waals surface area contributed by atoms with Crippen molar-refractivity contribution in [3.63, 3.8) is 0 Å². The molecule has 9 nitrogen and oxygen atoms in total. The molecular weight excluding hydrogens is 475 g/mol. The van der Waals surface area contributed by atoms with Crippen LogP contribution in [0.15, 0.2) is 24.5 Å². The minimum absolute atomic E-state index is 0.00394. The molecule has 0 radical (unpaired) electrons. The van der Waals surface area contributed by atoms with Crippen LogP contribution in [-0.4, -0.2) is 64.9 Å². The Hall–Kier alpha value is -2.98. The van der Waals surface area contributed by atoms with Crippen molar-refractivity contribution in [3.05, 3.63) is 46.8 Å². The number of primary amides is 1. The Kier molecular flexibility index (Phi) is 6.04. The zero-order valence-electron chi connectivity index (χ0n) is 19.5. The summed E-state index contributed by atoms with van der Waals surface area (Å²) in [5.74, 6) is -1.55. The zero-order valence-corrected chi connectivity index (χ0v) is 20.2. The third-order valence-electron chi connectivity index (χ3n) is 7.66. The highest BCUT2D eigenvalue weighted by Crippen LogP contribution is 2.49. The molecule has 5 rings (SSSR count). The van der Waals surface area contributed by atoms with Crippen LogP contribution in [0.5, 0.6) is 0 Å². The number of nitrogens with one attached hydrogen (secondary N) is 1. The van der Waals surface area contributed by atoms with Crippen molar-refractivity contribution in [1.82, 2.24) is 19.8 Å². The van der Waals surface area contributed by atoms with E-state index < -0.39 is 23.0 Å². The fourth-order valence-corrected chi connectivity index (χ4v) is 6.01. The number of amides is 3. The predicted octanol–water partition coefficient (Wildman–Crippen LogP) is 2.36. The SMILES string of the molecule is CN1CC(NC(=O)c2ncn(C3CCC4(CC3)CCN(c3ccc(F)cc3Cl)C4=O)c2C(N)=O)C1. The van der Waals surface area contributed by atoms with Crippen LogP contribution in [0.2, 0.25) is 5.02 Å². The lowest BCUT2D eigenvalue weighted by Gasteiger charge is -2.37. The van der Waals surface area contributed by atoms with E-state index in [9.17, 15) is 18.8 Å². The second kappa shape index (κ2) is 8.91. The molecule has 3 fully saturated rings. The average molecular weight is 503 g/mol. The maximum atomic E-state index is 13.5. The van der Waals surface area contributed by atoms with Gasteiger partial charge in [0.25, 0.3) is 11.8 Å². The van der Waals surface area contributed by atoms with Gasteiger partial charge in [-0.2, -0.15) is 0 Å². The molecular formula is C24H28ClFN6O3. The molecule has 0 atom stereocenters. The molecule has 1 aromatic carbocycles.